The Hall–Kier alpha value is -1.64. The van der Waals surface area contributed by atoms with Crippen molar-refractivity contribution in [2.24, 2.45) is 5.73 Å². The van der Waals surface area contributed by atoms with Gasteiger partial charge in [0.1, 0.15) is 0 Å². The number of hydrogen-bond donors (Lipinski definition) is 1. The molecule has 3 heteroatoms. The third kappa shape index (κ3) is 4.96. The molecule has 0 aliphatic carbocycles. The second-order valence-corrected chi connectivity index (χ2v) is 2.93. The standard InChI is InChI=1S/C10H11NO2.C2H6/c1-7-2-4-8(5-3-7)9(12)6-10(11)13;1-2/h2-5H,6H2,1H3,(H2,11,13);1-2H3. The van der Waals surface area contributed by atoms with Gasteiger partial charge in [-0.2, -0.15) is 0 Å². The Kier molecular flexibility index (Phi) is 6.02. The molecule has 0 heterocycles. The van der Waals surface area contributed by atoms with E-state index in [1.54, 1.807) is 12.1 Å². The van der Waals surface area contributed by atoms with Crippen LogP contribution in [0.1, 0.15) is 36.2 Å². The van der Waals surface area contributed by atoms with Crippen molar-refractivity contribution < 1.29 is 9.59 Å². The van der Waals surface area contributed by atoms with Crippen LogP contribution in [0.5, 0.6) is 0 Å². The molecule has 0 fully saturated rings. The first-order valence-electron chi connectivity index (χ1n) is 4.98. The fourth-order valence-electron chi connectivity index (χ4n) is 1.000. The van der Waals surface area contributed by atoms with Crippen LogP contribution in [0.25, 0.3) is 0 Å². The summed E-state index contributed by atoms with van der Waals surface area (Å²) in [6.45, 7) is 5.93. The summed E-state index contributed by atoms with van der Waals surface area (Å²) in [6, 6.07) is 7.05. The summed E-state index contributed by atoms with van der Waals surface area (Å²) in [4.78, 5) is 21.7. The number of carbonyl (C=O) groups excluding carboxylic acids is 2. The van der Waals surface area contributed by atoms with Gasteiger partial charge in [-0.1, -0.05) is 43.7 Å². The molecular formula is C12H17NO2. The van der Waals surface area contributed by atoms with Gasteiger partial charge in [-0.3, -0.25) is 9.59 Å². The summed E-state index contributed by atoms with van der Waals surface area (Å²) in [5.41, 5.74) is 6.51. The van der Waals surface area contributed by atoms with E-state index in [1.807, 2.05) is 32.9 Å². The lowest BCUT2D eigenvalue weighted by molar-refractivity contribution is -0.117. The molecule has 1 aromatic carbocycles. The van der Waals surface area contributed by atoms with Gasteiger partial charge in [-0.25, -0.2) is 0 Å². The Morgan fingerprint density at radius 1 is 1.13 bits per heavy atom. The lowest BCUT2D eigenvalue weighted by Crippen LogP contribution is -2.16. The number of benzene rings is 1. The predicted molar refractivity (Wildman–Crippen MR) is 60.7 cm³/mol. The van der Waals surface area contributed by atoms with Crippen LogP contribution < -0.4 is 5.73 Å². The number of ketones is 1. The molecule has 0 atom stereocenters. The van der Waals surface area contributed by atoms with E-state index in [1.165, 1.54) is 0 Å². The van der Waals surface area contributed by atoms with E-state index in [0.29, 0.717) is 5.56 Å². The highest BCUT2D eigenvalue weighted by Gasteiger charge is 2.07. The Balaban J connectivity index is 0.000000921. The zero-order chi connectivity index (χ0) is 11.8. The summed E-state index contributed by atoms with van der Waals surface area (Å²) in [6.07, 6.45) is -0.219. The number of rotatable bonds is 3. The van der Waals surface area contributed by atoms with E-state index in [9.17, 15) is 9.59 Å². The minimum atomic E-state index is -0.592. The van der Waals surface area contributed by atoms with Gasteiger partial charge in [-0.15, -0.1) is 0 Å². The average molecular weight is 207 g/mol. The Morgan fingerprint density at radius 2 is 1.60 bits per heavy atom. The van der Waals surface area contributed by atoms with Gasteiger partial charge >= 0.3 is 0 Å². The highest BCUT2D eigenvalue weighted by Crippen LogP contribution is 2.05. The summed E-state index contributed by atoms with van der Waals surface area (Å²) in [7, 11) is 0. The molecule has 0 unspecified atom stereocenters. The zero-order valence-electron chi connectivity index (χ0n) is 9.41. The summed E-state index contributed by atoms with van der Waals surface area (Å²) in [5, 5.41) is 0. The zero-order valence-corrected chi connectivity index (χ0v) is 9.41. The van der Waals surface area contributed by atoms with E-state index >= 15 is 0 Å². The lowest BCUT2D eigenvalue weighted by atomic mass is 10.1. The number of Topliss-reactive ketones (excluding diaryl/α,β-unsaturated/α-hetero) is 1. The monoisotopic (exact) mass is 207 g/mol. The van der Waals surface area contributed by atoms with Crippen LogP contribution in [0.2, 0.25) is 0 Å². The summed E-state index contributed by atoms with van der Waals surface area (Å²) < 4.78 is 0. The van der Waals surface area contributed by atoms with Crippen molar-refractivity contribution in [1.82, 2.24) is 0 Å². The van der Waals surface area contributed by atoms with Gasteiger partial charge in [0.15, 0.2) is 5.78 Å². The molecule has 1 rings (SSSR count). The number of primary amides is 1. The van der Waals surface area contributed by atoms with Crippen molar-refractivity contribution in [2.75, 3.05) is 0 Å². The molecule has 0 saturated heterocycles. The van der Waals surface area contributed by atoms with Crippen molar-refractivity contribution in [3.05, 3.63) is 35.4 Å². The van der Waals surface area contributed by atoms with Crippen LogP contribution in [0.15, 0.2) is 24.3 Å². The smallest absolute Gasteiger partial charge is 0.225 e. The molecule has 0 aliphatic heterocycles. The first-order chi connectivity index (χ1) is 7.09. The molecule has 2 N–H and O–H groups in total. The van der Waals surface area contributed by atoms with E-state index < -0.39 is 5.91 Å². The highest BCUT2D eigenvalue weighted by molar-refractivity contribution is 6.06. The largest absolute Gasteiger partial charge is 0.369 e. The van der Waals surface area contributed by atoms with E-state index in [-0.39, 0.29) is 12.2 Å². The normalized spacial score (nSPS) is 8.73. The topological polar surface area (TPSA) is 60.2 Å². The van der Waals surface area contributed by atoms with Crippen molar-refractivity contribution in [1.29, 1.82) is 0 Å². The third-order valence-corrected chi connectivity index (χ3v) is 1.71. The fourth-order valence-corrected chi connectivity index (χ4v) is 1.000. The maximum Gasteiger partial charge on any atom is 0.225 e. The van der Waals surface area contributed by atoms with Crippen LogP contribution >= 0.6 is 0 Å². The Bertz CT molecular complexity index is 328. The van der Waals surface area contributed by atoms with Gasteiger partial charge in [0.05, 0.1) is 6.42 Å². The maximum absolute atomic E-state index is 11.3. The molecule has 0 saturated carbocycles. The quantitative estimate of drug-likeness (QED) is 0.609. The molecule has 0 radical (unpaired) electrons. The molecule has 3 nitrogen and oxygen atoms in total. The Labute approximate surface area is 90.3 Å². The lowest BCUT2D eigenvalue weighted by Gasteiger charge is -1.98. The number of amides is 1. The van der Waals surface area contributed by atoms with Crippen molar-refractivity contribution in [2.45, 2.75) is 27.2 Å². The number of hydrogen-bond acceptors (Lipinski definition) is 2. The molecule has 15 heavy (non-hydrogen) atoms. The summed E-state index contributed by atoms with van der Waals surface area (Å²) >= 11 is 0. The molecule has 0 aliphatic rings. The van der Waals surface area contributed by atoms with Crippen molar-refractivity contribution in [3.8, 4) is 0 Å². The van der Waals surface area contributed by atoms with E-state index in [0.717, 1.165) is 5.56 Å². The molecule has 1 aromatic rings. The highest BCUT2D eigenvalue weighted by atomic mass is 16.2. The SMILES string of the molecule is CC.Cc1ccc(C(=O)CC(N)=O)cc1. The van der Waals surface area contributed by atoms with Crippen LogP contribution in [0.3, 0.4) is 0 Å². The minimum absolute atomic E-state index is 0.219. The molecule has 82 valence electrons. The van der Waals surface area contributed by atoms with Crippen LogP contribution in [0, 0.1) is 6.92 Å². The number of carbonyl (C=O) groups is 2. The average Bonchev–Trinajstić information content (AvgIpc) is 2.20. The maximum atomic E-state index is 11.3. The molecular weight excluding hydrogens is 190 g/mol. The van der Waals surface area contributed by atoms with E-state index in [2.05, 4.69) is 0 Å². The number of aryl methyl sites for hydroxylation is 1. The number of nitrogens with two attached hydrogens (primary N) is 1. The van der Waals surface area contributed by atoms with Gasteiger partial charge in [0.2, 0.25) is 5.91 Å². The van der Waals surface area contributed by atoms with Crippen LogP contribution in [0.4, 0.5) is 0 Å². The molecule has 0 aromatic heterocycles. The van der Waals surface area contributed by atoms with E-state index in [4.69, 9.17) is 5.73 Å². The predicted octanol–water partition coefficient (Wildman–Crippen LogP) is 2.08. The van der Waals surface area contributed by atoms with Crippen LogP contribution in [-0.2, 0) is 4.79 Å². The second-order valence-electron chi connectivity index (χ2n) is 2.93. The van der Waals surface area contributed by atoms with Gasteiger partial charge in [0, 0.05) is 5.56 Å². The third-order valence-electron chi connectivity index (χ3n) is 1.71. The van der Waals surface area contributed by atoms with Crippen molar-refractivity contribution in [3.63, 3.8) is 0 Å². The van der Waals surface area contributed by atoms with Crippen LogP contribution in [-0.4, -0.2) is 11.7 Å². The van der Waals surface area contributed by atoms with Gasteiger partial charge < -0.3 is 5.73 Å². The second kappa shape index (κ2) is 6.76. The van der Waals surface area contributed by atoms with Crippen molar-refractivity contribution >= 4 is 11.7 Å². The first kappa shape index (κ1) is 13.4. The Morgan fingerprint density at radius 3 is 2.00 bits per heavy atom. The molecule has 0 spiro atoms. The fraction of sp³-hybridized carbons (Fsp3) is 0.333. The summed E-state index contributed by atoms with van der Waals surface area (Å²) in [5.74, 6) is -0.821. The molecule has 1 amide bonds. The first-order valence-corrected chi connectivity index (χ1v) is 4.98. The minimum Gasteiger partial charge on any atom is -0.369 e. The molecule has 0 bridgehead atoms. The van der Waals surface area contributed by atoms with Gasteiger partial charge in [-0.05, 0) is 6.92 Å². The van der Waals surface area contributed by atoms with Gasteiger partial charge in [0.25, 0.3) is 0 Å².